The minimum Gasteiger partial charge on any atom is -0.378 e. The number of hydrogen-bond acceptors (Lipinski definition) is 3. The summed E-state index contributed by atoms with van der Waals surface area (Å²) in [5.41, 5.74) is 0. The average Bonchev–Trinajstić information content (AvgIpc) is 2.27. The van der Waals surface area contributed by atoms with Gasteiger partial charge in [-0.05, 0) is 42.9 Å². The lowest BCUT2D eigenvalue weighted by Crippen LogP contribution is -2.33. The van der Waals surface area contributed by atoms with Gasteiger partial charge >= 0.3 is 0 Å². The minimum atomic E-state index is -3.42. The molecule has 4 nitrogen and oxygen atoms in total. The van der Waals surface area contributed by atoms with Crippen LogP contribution in [0, 0.1) is 23.7 Å². The second-order valence-corrected chi connectivity index (χ2v) is 8.22. The van der Waals surface area contributed by atoms with Gasteiger partial charge in [0.15, 0.2) is 0 Å². The van der Waals surface area contributed by atoms with Crippen LogP contribution in [0.15, 0.2) is 0 Å². The van der Waals surface area contributed by atoms with Crippen LogP contribution >= 0.6 is 0 Å². The van der Waals surface area contributed by atoms with Gasteiger partial charge in [0, 0.05) is 0 Å². The van der Waals surface area contributed by atoms with Crippen molar-refractivity contribution in [3.05, 3.63) is 0 Å². The molecule has 0 aromatic carbocycles. The molecule has 0 saturated heterocycles. The first-order valence-corrected chi connectivity index (χ1v) is 9.02. The number of primary sulfonamides is 1. The van der Waals surface area contributed by atoms with Crippen LogP contribution in [0.1, 0.15) is 47.0 Å². The molecule has 1 aliphatic carbocycles. The Kier molecular flexibility index (Phi) is 6.27. The fourth-order valence-corrected chi connectivity index (χ4v) is 3.72. The fourth-order valence-electron chi connectivity index (χ4n) is 2.64. The summed E-state index contributed by atoms with van der Waals surface area (Å²) in [4.78, 5) is 0. The third-order valence-electron chi connectivity index (χ3n) is 4.49. The van der Waals surface area contributed by atoms with Crippen molar-refractivity contribution in [1.82, 2.24) is 0 Å². The van der Waals surface area contributed by atoms with Crippen molar-refractivity contribution in [3.63, 3.8) is 0 Å². The van der Waals surface area contributed by atoms with Crippen LogP contribution in [0.4, 0.5) is 0 Å². The van der Waals surface area contributed by atoms with E-state index in [1.165, 1.54) is 6.42 Å². The first-order chi connectivity index (χ1) is 8.69. The van der Waals surface area contributed by atoms with Gasteiger partial charge in [-0.2, -0.15) is 0 Å². The van der Waals surface area contributed by atoms with Crippen molar-refractivity contribution in [1.29, 1.82) is 0 Å². The molecule has 0 aromatic heterocycles. The molecular weight excluding hydrogens is 262 g/mol. The normalized spacial score (nSPS) is 30.5. The average molecular weight is 291 g/mol. The predicted molar refractivity (Wildman–Crippen MR) is 78.2 cm³/mol. The molecule has 114 valence electrons. The molecule has 0 aromatic rings. The molecule has 0 amide bonds. The molecule has 5 heteroatoms. The Morgan fingerprint density at radius 2 is 1.84 bits per heavy atom. The summed E-state index contributed by atoms with van der Waals surface area (Å²) in [6.45, 7) is 9.10. The van der Waals surface area contributed by atoms with E-state index in [4.69, 9.17) is 9.88 Å². The highest BCUT2D eigenvalue weighted by atomic mass is 32.2. The van der Waals surface area contributed by atoms with Crippen LogP contribution in [-0.4, -0.2) is 26.9 Å². The second kappa shape index (κ2) is 7.04. The Bertz CT molecular complexity index is 367. The Hall–Kier alpha value is -0.130. The van der Waals surface area contributed by atoms with Crippen LogP contribution < -0.4 is 5.14 Å². The summed E-state index contributed by atoms with van der Waals surface area (Å²) < 4.78 is 28.4. The lowest BCUT2D eigenvalue weighted by molar-refractivity contribution is -0.0172. The fraction of sp³-hybridized carbons (Fsp3) is 1.00. The molecule has 1 saturated carbocycles. The minimum absolute atomic E-state index is 0.00958. The first-order valence-electron chi connectivity index (χ1n) is 7.31. The maximum absolute atomic E-state index is 11.2. The summed E-state index contributed by atoms with van der Waals surface area (Å²) in [5, 5.41) is 5.14. The lowest BCUT2D eigenvalue weighted by Gasteiger charge is -2.33. The molecule has 1 aliphatic rings. The summed E-state index contributed by atoms with van der Waals surface area (Å²) in [6.07, 6.45) is 3.66. The summed E-state index contributed by atoms with van der Waals surface area (Å²) in [6, 6.07) is 0. The zero-order chi connectivity index (χ0) is 14.6. The molecule has 4 atom stereocenters. The molecule has 0 bridgehead atoms. The van der Waals surface area contributed by atoms with Crippen LogP contribution in [0.5, 0.6) is 0 Å². The number of nitrogens with two attached hydrogens (primary N) is 1. The lowest BCUT2D eigenvalue weighted by atomic mass is 9.80. The van der Waals surface area contributed by atoms with Crippen molar-refractivity contribution in [2.24, 2.45) is 28.8 Å². The Morgan fingerprint density at radius 1 is 1.21 bits per heavy atom. The number of sulfonamides is 1. The first kappa shape index (κ1) is 16.9. The van der Waals surface area contributed by atoms with Gasteiger partial charge < -0.3 is 4.74 Å². The van der Waals surface area contributed by atoms with E-state index in [0.29, 0.717) is 12.5 Å². The third kappa shape index (κ3) is 6.23. The van der Waals surface area contributed by atoms with Gasteiger partial charge in [0.05, 0.1) is 18.5 Å². The SMILES string of the molecule is CC(C)C(COC1CCC(C)C(C)C1)CS(N)(=O)=O. The highest BCUT2D eigenvalue weighted by Crippen LogP contribution is 2.31. The van der Waals surface area contributed by atoms with Gasteiger partial charge in [0.2, 0.25) is 10.0 Å². The number of ether oxygens (including phenoxy) is 1. The third-order valence-corrected chi connectivity index (χ3v) is 5.38. The van der Waals surface area contributed by atoms with Crippen LogP contribution in [-0.2, 0) is 14.8 Å². The molecule has 0 radical (unpaired) electrons. The molecule has 2 N–H and O–H groups in total. The van der Waals surface area contributed by atoms with E-state index in [1.54, 1.807) is 0 Å². The van der Waals surface area contributed by atoms with E-state index < -0.39 is 10.0 Å². The van der Waals surface area contributed by atoms with Crippen molar-refractivity contribution < 1.29 is 13.2 Å². The van der Waals surface area contributed by atoms with Gasteiger partial charge in [0.1, 0.15) is 0 Å². The summed E-state index contributed by atoms with van der Waals surface area (Å²) >= 11 is 0. The molecule has 0 aliphatic heterocycles. The molecule has 1 fully saturated rings. The van der Waals surface area contributed by atoms with E-state index in [0.717, 1.165) is 18.8 Å². The highest BCUT2D eigenvalue weighted by Gasteiger charge is 2.27. The number of hydrogen-bond donors (Lipinski definition) is 1. The van der Waals surface area contributed by atoms with Gasteiger partial charge in [0.25, 0.3) is 0 Å². The summed E-state index contributed by atoms with van der Waals surface area (Å²) in [7, 11) is -3.42. The van der Waals surface area contributed by atoms with E-state index in [1.807, 2.05) is 13.8 Å². The molecule has 0 heterocycles. The summed E-state index contributed by atoms with van der Waals surface area (Å²) in [5.74, 6) is 1.73. The quantitative estimate of drug-likeness (QED) is 0.817. The molecular formula is C14H29NO3S. The predicted octanol–water partition coefficient (Wildman–Crippen LogP) is 2.39. The standard InChI is InChI=1S/C14H29NO3S/c1-10(2)13(9-19(15,16)17)8-18-14-6-5-11(3)12(4)7-14/h10-14H,5-9H2,1-4H3,(H2,15,16,17). The Morgan fingerprint density at radius 3 is 2.32 bits per heavy atom. The van der Waals surface area contributed by atoms with Crippen molar-refractivity contribution in [2.75, 3.05) is 12.4 Å². The molecule has 1 rings (SSSR count). The zero-order valence-corrected chi connectivity index (χ0v) is 13.4. The molecule has 4 unspecified atom stereocenters. The molecule has 0 spiro atoms. The molecule has 19 heavy (non-hydrogen) atoms. The van der Waals surface area contributed by atoms with Crippen LogP contribution in [0.25, 0.3) is 0 Å². The largest absolute Gasteiger partial charge is 0.378 e. The van der Waals surface area contributed by atoms with Crippen molar-refractivity contribution in [2.45, 2.75) is 53.1 Å². The van der Waals surface area contributed by atoms with Crippen LogP contribution in [0.3, 0.4) is 0 Å². The van der Waals surface area contributed by atoms with E-state index in [2.05, 4.69) is 13.8 Å². The van der Waals surface area contributed by atoms with Gasteiger partial charge in [-0.1, -0.05) is 27.7 Å². The van der Waals surface area contributed by atoms with Crippen molar-refractivity contribution >= 4 is 10.0 Å². The Balaban J connectivity index is 2.44. The van der Waals surface area contributed by atoms with Gasteiger partial charge in [-0.25, -0.2) is 13.6 Å². The second-order valence-electron chi connectivity index (χ2n) is 6.56. The maximum Gasteiger partial charge on any atom is 0.209 e. The van der Waals surface area contributed by atoms with Gasteiger partial charge in [-0.3, -0.25) is 0 Å². The van der Waals surface area contributed by atoms with Crippen molar-refractivity contribution in [3.8, 4) is 0 Å². The smallest absolute Gasteiger partial charge is 0.209 e. The van der Waals surface area contributed by atoms with E-state index in [9.17, 15) is 8.42 Å². The van der Waals surface area contributed by atoms with Crippen LogP contribution in [0.2, 0.25) is 0 Å². The van der Waals surface area contributed by atoms with E-state index in [-0.39, 0.29) is 23.7 Å². The zero-order valence-electron chi connectivity index (χ0n) is 12.6. The monoisotopic (exact) mass is 291 g/mol. The van der Waals surface area contributed by atoms with E-state index >= 15 is 0 Å². The number of rotatable bonds is 6. The highest BCUT2D eigenvalue weighted by molar-refractivity contribution is 7.89. The maximum atomic E-state index is 11.2. The van der Waals surface area contributed by atoms with Gasteiger partial charge in [-0.15, -0.1) is 0 Å². The topological polar surface area (TPSA) is 69.4 Å². The Labute approximate surface area is 118 Å².